The number of carbonyl (C=O) groups is 3. The molecular weight excluding hydrogens is 609 g/mol. The van der Waals surface area contributed by atoms with Crippen LogP contribution in [0.5, 0.6) is 0 Å². The molecule has 3 aromatic rings. The van der Waals surface area contributed by atoms with Crippen LogP contribution in [0.3, 0.4) is 0 Å². The molecule has 0 unspecified atom stereocenters. The molecule has 0 saturated heterocycles. The highest BCUT2D eigenvalue weighted by Gasteiger charge is 2.41. The fourth-order valence-electron chi connectivity index (χ4n) is 5.73. The number of amides is 3. The molecule has 1 heterocycles. The van der Waals surface area contributed by atoms with E-state index in [0.29, 0.717) is 15.6 Å². The molecule has 3 amide bonds. The largest absolute Gasteiger partial charge is 0.352 e. The van der Waals surface area contributed by atoms with Gasteiger partial charge in [0.05, 0.1) is 15.6 Å². The first-order valence-electron chi connectivity index (χ1n) is 14.4. The van der Waals surface area contributed by atoms with Crippen LogP contribution in [0.15, 0.2) is 77.7 Å². The second kappa shape index (κ2) is 13.5. The van der Waals surface area contributed by atoms with E-state index in [-0.39, 0.29) is 48.3 Å². The van der Waals surface area contributed by atoms with Crippen LogP contribution in [-0.2, 0) is 32.6 Å². The zero-order chi connectivity index (χ0) is 30.6. The maximum Gasteiger partial charge on any atom is 0.269 e. The zero-order valence-electron chi connectivity index (χ0n) is 23.5. The van der Waals surface area contributed by atoms with Crippen LogP contribution in [0.1, 0.15) is 60.0 Å². The Kier molecular flexibility index (Phi) is 9.74. The maximum atomic E-state index is 14.0. The molecule has 0 bridgehead atoms. The number of carbonyl (C=O) groups excluding carboxylic acids is 3. The van der Waals surface area contributed by atoms with Crippen molar-refractivity contribution in [3.63, 3.8) is 0 Å². The SMILES string of the molecule is O=C(NC1CCCCC1)[C@H](Cc1ccccc1)N(Cc1ccc(Cl)c(Cl)c1)C(=O)CCN1C(=O)c2ccccc2S1(=O)=O. The molecule has 0 spiro atoms. The Bertz CT molecular complexity index is 1610. The lowest BCUT2D eigenvalue weighted by Crippen LogP contribution is -2.53. The summed E-state index contributed by atoms with van der Waals surface area (Å²) in [6.07, 6.45) is 4.88. The highest BCUT2D eigenvalue weighted by Crippen LogP contribution is 2.30. The Labute approximate surface area is 262 Å². The summed E-state index contributed by atoms with van der Waals surface area (Å²) in [6.45, 7) is -0.318. The average Bonchev–Trinajstić information content (AvgIpc) is 3.20. The molecule has 1 fully saturated rings. The summed E-state index contributed by atoms with van der Waals surface area (Å²) in [5.74, 6) is -1.42. The zero-order valence-corrected chi connectivity index (χ0v) is 25.9. The van der Waals surface area contributed by atoms with Crippen molar-refractivity contribution in [2.45, 2.75) is 68.5 Å². The van der Waals surface area contributed by atoms with Gasteiger partial charge < -0.3 is 10.2 Å². The van der Waals surface area contributed by atoms with Crippen molar-refractivity contribution < 1.29 is 22.8 Å². The van der Waals surface area contributed by atoms with Crippen LogP contribution in [0.25, 0.3) is 0 Å². The smallest absolute Gasteiger partial charge is 0.269 e. The third-order valence-corrected chi connectivity index (χ3v) is 10.6. The van der Waals surface area contributed by atoms with Crippen molar-refractivity contribution >= 4 is 50.9 Å². The fourth-order valence-corrected chi connectivity index (χ4v) is 7.62. The van der Waals surface area contributed by atoms with Gasteiger partial charge in [-0.25, -0.2) is 12.7 Å². The van der Waals surface area contributed by atoms with Crippen LogP contribution in [-0.4, -0.2) is 54.0 Å². The summed E-state index contributed by atoms with van der Waals surface area (Å²) in [4.78, 5) is 42.3. The summed E-state index contributed by atoms with van der Waals surface area (Å²) >= 11 is 12.4. The van der Waals surface area contributed by atoms with Gasteiger partial charge in [0.2, 0.25) is 11.8 Å². The van der Waals surface area contributed by atoms with E-state index in [0.717, 1.165) is 42.0 Å². The highest BCUT2D eigenvalue weighted by atomic mass is 35.5. The lowest BCUT2D eigenvalue weighted by Gasteiger charge is -2.34. The first-order valence-corrected chi connectivity index (χ1v) is 16.6. The molecule has 226 valence electrons. The van der Waals surface area contributed by atoms with Crippen molar-refractivity contribution in [3.8, 4) is 0 Å². The monoisotopic (exact) mass is 641 g/mol. The number of halogens is 2. The van der Waals surface area contributed by atoms with Crippen LogP contribution in [0, 0.1) is 0 Å². The van der Waals surface area contributed by atoms with Crippen molar-refractivity contribution in [3.05, 3.63) is 99.5 Å². The summed E-state index contributed by atoms with van der Waals surface area (Å²) in [6, 6.07) is 19.5. The van der Waals surface area contributed by atoms with Gasteiger partial charge in [0.15, 0.2) is 0 Å². The molecule has 1 atom stereocenters. The summed E-state index contributed by atoms with van der Waals surface area (Å²) in [5, 5.41) is 3.84. The molecule has 11 heteroatoms. The number of benzene rings is 3. The highest BCUT2D eigenvalue weighted by molar-refractivity contribution is 7.90. The fraction of sp³-hybridized carbons (Fsp3) is 0.344. The predicted octanol–water partition coefficient (Wildman–Crippen LogP) is 5.62. The van der Waals surface area contributed by atoms with Gasteiger partial charge in [-0.3, -0.25) is 14.4 Å². The van der Waals surface area contributed by atoms with Crippen LogP contribution >= 0.6 is 23.2 Å². The molecule has 0 radical (unpaired) electrons. The molecule has 0 aromatic heterocycles. The first-order chi connectivity index (χ1) is 20.6. The number of fused-ring (bicyclic) bond motifs is 1. The van der Waals surface area contributed by atoms with E-state index >= 15 is 0 Å². The Balaban J connectivity index is 1.44. The molecule has 43 heavy (non-hydrogen) atoms. The number of sulfonamides is 1. The van der Waals surface area contributed by atoms with E-state index in [2.05, 4.69) is 5.32 Å². The maximum absolute atomic E-state index is 14.0. The van der Waals surface area contributed by atoms with Gasteiger partial charge in [-0.05, 0) is 48.2 Å². The van der Waals surface area contributed by atoms with E-state index in [9.17, 15) is 22.8 Å². The first kappa shape index (κ1) is 31.0. The molecule has 3 aromatic carbocycles. The van der Waals surface area contributed by atoms with Gasteiger partial charge in [-0.1, -0.05) is 91.0 Å². The molecule has 8 nitrogen and oxygen atoms in total. The van der Waals surface area contributed by atoms with Gasteiger partial charge in [-0.15, -0.1) is 0 Å². The lowest BCUT2D eigenvalue weighted by molar-refractivity contribution is -0.141. The van der Waals surface area contributed by atoms with Gasteiger partial charge in [0, 0.05) is 32.0 Å². The topological polar surface area (TPSA) is 104 Å². The Morgan fingerprint density at radius 1 is 0.907 bits per heavy atom. The normalized spacial score (nSPS) is 16.9. The third kappa shape index (κ3) is 7.06. The second-order valence-electron chi connectivity index (χ2n) is 10.9. The van der Waals surface area contributed by atoms with Crippen LogP contribution < -0.4 is 5.32 Å². The number of nitrogens with zero attached hydrogens (tertiary/aromatic N) is 2. The van der Waals surface area contributed by atoms with E-state index in [4.69, 9.17) is 23.2 Å². The van der Waals surface area contributed by atoms with Crippen molar-refractivity contribution in [1.29, 1.82) is 0 Å². The molecule has 5 rings (SSSR count). The van der Waals surface area contributed by atoms with Gasteiger partial charge >= 0.3 is 0 Å². The summed E-state index contributed by atoms with van der Waals surface area (Å²) in [5.41, 5.74) is 1.60. The van der Waals surface area contributed by atoms with Gasteiger partial charge in [0.1, 0.15) is 10.9 Å². The standard InChI is InChI=1S/C32H33Cl2N3O5S/c33-26-16-15-23(19-27(26)34)21-36(30(38)17-18-37-32(40)25-13-7-8-14-29(25)43(37,41)42)28(20-22-9-3-1-4-10-22)31(39)35-24-11-5-2-6-12-24/h1,3-4,7-10,13-16,19,24,28H,2,5-6,11-12,17-18,20-21H2,(H,35,39)/t28-/m0/s1. The van der Waals surface area contributed by atoms with Crippen molar-refractivity contribution in [2.24, 2.45) is 0 Å². The molecular formula is C32H33Cl2N3O5S. The predicted molar refractivity (Wildman–Crippen MR) is 165 cm³/mol. The number of nitrogens with one attached hydrogen (secondary N) is 1. The number of rotatable bonds is 10. The minimum Gasteiger partial charge on any atom is -0.352 e. The Hall–Kier alpha value is -3.40. The third-order valence-electron chi connectivity index (χ3n) is 8.00. The summed E-state index contributed by atoms with van der Waals surface area (Å²) < 4.78 is 27.0. The molecule has 1 N–H and O–H groups in total. The van der Waals surface area contributed by atoms with Crippen molar-refractivity contribution in [1.82, 2.24) is 14.5 Å². The second-order valence-corrected chi connectivity index (χ2v) is 13.6. The molecule has 2 aliphatic rings. The van der Waals surface area contributed by atoms with Crippen LogP contribution in [0.2, 0.25) is 10.0 Å². The van der Waals surface area contributed by atoms with Crippen molar-refractivity contribution in [2.75, 3.05) is 6.54 Å². The average molecular weight is 643 g/mol. The Morgan fingerprint density at radius 2 is 1.60 bits per heavy atom. The molecule has 1 aliphatic carbocycles. The summed E-state index contributed by atoms with van der Waals surface area (Å²) in [7, 11) is -4.09. The molecule has 1 saturated carbocycles. The van der Waals surface area contributed by atoms with Gasteiger partial charge in [-0.2, -0.15) is 0 Å². The van der Waals surface area contributed by atoms with E-state index < -0.39 is 27.9 Å². The minimum absolute atomic E-state index is 0.0207. The van der Waals surface area contributed by atoms with E-state index in [1.54, 1.807) is 30.3 Å². The van der Waals surface area contributed by atoms with E-state index in [1.807, 2.05) is 30.3 Å². The number of hydrogen-bond acceptors (Lipinski definition) is 5. The molecule has 1 aliphatic heterocycles. The Morgan fingerprint density at radius 3 is 2.30 bits per heavy atom. The van der Waals surface area contributed by atoms with Gasteiger partial charge in [0.25, 0.3) is 15.9 Å². The minimum atomic E-state index is -4.09. The van der Waals surface area contributed by atoms with Crippen LogP contribution in [0.4, 0.5) is 0 Å². The quantitative estimate of drug-likeness (QED) is 0.310. The number of hydrogen-bond donors (Lipinski definition) is 1. The lowest BCUT2D eigenvalue weighted by atomic mass is 9.94. The van der Waals surface area contributed by atoms with E-state index in [1.165, 1.54) is 17.0 Å².